The summed E-state index contributed by atoms with van der Waals surface area (Å²) in [6.45, 7) is 3.83. The van der Waals surface area contributed by atoms with Crippen LogP contribution in [0.4, 0.5) is 8.78 Å². The number of rotatable bonds is 7. The third kappa shape index (κ3) is 5.72. The number of benzene rings is 1. The van der Waals surface area contributed by atoms with Crippen molar-refractivity contribution in [1.82, 2.24) is 0 Å². The zero-order valence-corrected chi connectivity index (χ0v) is 20.0. The Morgan fingerprint density at radius 1 is 0.710 bits per heavy atom. The molecule has 4 atom stereocenters. The maximum Gasteiger partial charge on any atom is 0.129 e. The van der Waals surface area contributed by atoms with Gasteiger partial charge in [-0.15, -0.1) is 0 Å². The first-order chi connectivity index (χ1) is 15.0. The fraction of sp³-hybridized carbons (Fsp3) is 0.793. The van der Waals surface area contributed by atoms with E-state index in [9.17, 15) is 8.78 Å². The Labute approximate surface area is 189 Å². The van der Waals surface area contributed by atoms with Crippen molar-refractivity contribution in [3.8, 4) is 0 Å². The molecule has 0 spiro atoms. The van der Waals surface area contributed by atoms with Crippen LogP contribution in [-0.2, 0) is 0 Å². The second-order valence-electron chi connectivity index (χ2n) is 11.3. The third-order valence-corrected chi connectivity index (χ3v) is 9.45. The molecule has 2 heteroatoms. The van der Waals surface area contributed by atoms with Crippen molar-refractivity contribution in [2.45, 2.75) is 116 Å². The Balaban J connectivity index is 1.24. The highest BCUT2D eigenvalue weighted by Gasteiger charge is 2.39. The van der Waals surface area contributed by atoms with Gasteiger partial charge in [-0.3, -0.25) is 0 Å². The van der Waals surface area contributed by atoms with Gasteiger partial charge < -0.3 is 0 Å². The van der Waals surface area contributed by atoms with Crippen LogP contribution >= 0.6 is 0 Å². The van der Waals surface area contributed by atoms with Gasteiger partial charge in [0.25, 0.3) is 0 Å². The summed E-state index contributed by atoms with van der Waals surface area (Å²) in [7, 11) is 0. The monoisotopic (exact) mass is 430 g/mol. The van der Waals surface area contributed by atoms with Gasteiger partial charge in [0.1, 0.15) is 11.6 Å². The smallest absolute Gasteiger partial charge is 0.129 e. The summed E-state index contributed by atoms with van der Waals surface area (Å²) in [6.07, 6.45) is 20.7. The summed E-state index contributed by atoms with van der Waals surface area (Å²) in [4.78, 5) is 0. The lowest BCUT2D eigenvalue weighted by atomic mass is 9.60. The molecule has 1 aromatic rings. The van der Waals surface area contributed by atoms with Crippen LogP contribution in [0.5, 0.6) is 0 Å². The molecule has 0 amide bonds. The van der Waals surface area contributed by atoms with Crippen molar-refractivity contribution in [1.29, 1.82) is 0 Å². The molecule has 0 heterocycles. The molecular formula is C29H44F2. The highest BCUT2D eigenvalue weighted by atomic mass is 19.1. The van der Waals surface area contributed by atoms with Crippen molar-refractivity contribution in [2.75, 3.05) is 0 Å². The number of hydrogen-bond donors (Lipinski definition) is 0. The number of hydrogen-bond acceptors (Lipinski definition) is 0. The van der Waals surface area contributed by atoms with Gasteiger partial charge in [-0.05, 0) is 111 Å². The Hall–Kier alpha value is -0.920. The van der Waals surface area contributed by atoms with Crippen LogP contribution < -0.4 is 0 Å². The minimum atomic E-state index is -0.373. The highest BCUT2D eigenvalue weighted by Crippen LogP contribution is 2.51. The van der Waals surface area contributed by atoms with Crippen molar-refractivity contribution >= 4 is 0 Å². The molecule has 0 nitrogen and oxygen atoms in total. The van der Waals surface area contributed by atoms with Gasteiger partial charge in [-0.2, -0.15) is 0 Å². The van der Waals surface area contributed by atoms with Gasteiger partial charge in [-0.25, -0.2) is 8.78 Å². The predicted octanol–water partition coefficient (Wildman–Crippen LogP) is 9.35. The lowest BCUT2D eigenvalue weighted by Crippen LogP contribution is -2.34. The molecule has 0 saturated heterocycles. The van der Waals surface area contributed by atoms with E-state index < -0.39 is 0 Å². The third-order valence-electron chi connectivity index (χ3n) is 9.45. The molecule has 3 aliphatic carbocycles. The summed E-state index contributed by atoms with van der Waals surface area (Å²) in [5.41, 5.74) is 1.06. The minimum absolute atomic E-state index is 0.161. The zero-order chi connectivity index (χ0) is 21.8. The minimum Gasteiger partial charge on any atom is -0.207 e. The molecule has 1 aromatic carbocycles. The van der Waals surface area contributed by atoms with Crippen LogP contribution in [0.3, 0.4) is 0 Å². The molecule has 0 aromatic heterocycles. The topological polar surface area (TPSA) is 0 Å². The Kier molecular flexibility index (Phi) is 8.10. The van der Waals surface area contributed by atoms with E-state index >= 15 is 0 Å². The fourth-order valence-corrected chi connectivity index (χ4v) is 7.37. The van der Waals surface area contributed by atoms with Gasteiger partial charge >= 0.3 is 0 Å². The van der Waals surface area contributed by atoms with Crippen LogP contribution in [0.15, 0.2) is 12.1 Å². The first kappa shape index (κ1) is 23.2. The maximum absolute atomic E-state index is 14.1. The molecule has 0 aliphatic heterocycles. The SMILES string of the molecule is CCCCCCC1CCC(C2CCC3CC(c4cc(F)c(C)c(F)c4)CCC3C2)CC1. The van der Waals surface area contributed by atoms with E-state index in [1.54, 1.807) is 12.1 Å². The quantitative estimate of drug-likeness (QED) is 0.378. The standard InChI is InChI=1S/C29H44F2/c1-3-4-5-6-7-21-8-10-22(11-9-21)23-12-13-25-17-26(15-14-24(25)16-23)27-18-28(30)20(2)29(31)19-27/h18-19,21-26H,3-17H2,1-2H3. The second-order valence-corrected chi connectivity index (χ2v) is 11.3. The van der Waals surface area contributed by atoms with Gasteiger partial charge in [0.2, 0.25) is 0 Å². The molecule has 3 aliphatic rings. The lowest BCUT2D eigenvalue weighted by Gasteiger charge is -2.45. The Morgan fingerprint density at radius 3 is 1.97 bits per heavy atom. The second kappa shape index (κ2) is 10.8. The molecule has 31 heavy (non-hydrogen) atoms. The van der Waals surface area contributed by atoms with Crippen molar-refractivity contribution in [3.63, 3.8) is 0 Å². The highest BCUT2D eigenvalue weighted by molar-refractivity contribution is 5.28. The fourth-order valence-electron chi connectivity index (χ4n) is 7.37. The zero-order valence-electron chi connectivity index (χ0n) is 20.0. The van der Waals surface area contributed by atoms with Crippen LogP contribution in [-0.4, -0.2) is 0 Å². The number of unbranched alkanes of at least 4 members (excludes halogenated alkanes) is 3. The summed E-state index contributed by atoms with van der Waals surface area (Å²) in [6, 6.07) is 3.21. The van der Waals surface area contributed by atoms with E-state index in [-0.39, 0.29) is 17.2 Å². The van der Waals surface area contributed by atoms with Gasteiger partial charge in [-0.1, -0.05) is 51.9 Å². The lowest BCUT2D eigenvalue weighted by molar-refractivity contribution is 0.0709. The van der Waals surface area contributed by atoms with Crippen molar-refractivity contribution in [2.24, 2.45) is 29.6 Å². The first-order valence-electron chi connectivity index (χ1n) is 13.5. The molecule has 3 fully saturated rings. The average Bonchev–Trinajstić information content (AvgIpc) is 2.79. The van der Waals surface area contributed by atoms with E-state index in [4.69, 9.17) is 0 Å². The normalized spacial score (nSPS) is 33.8. The van der Waals surface area contributed by atoms with Crippen molar-refractivity contribution < 1.29 is 8.78 Å². The van der Waals surface area contributed by atoms with Gasteiger partial charge in [0, 0.05) is 5.56 Å². The number of fused-ring (bicyclic) bond motifs is 1. The molecule has 3 saturated carbocycles. The molecule has 0 bridgehead atoms. The van der Waals surface area contributed by atoms with Crippen molar-refractivity contribution in [3.05, 3.63) is 34.9 Å². The maximum atomic E-state index is 14.1. The molecule has 0 radical (unpaired) electrons. The number of halogens is 2. The summed E-state index contributed by atoms with van der Waals surface area (Å²) in [5.74, 6) is 4.18. The van der Waals surface area contributed by atoms with E-state index in [1.807, 2.05) is 0 Å². The van der Waals surface area contributed by atoms with E-state index in [1.165, 1.54) is 90.4 Å². The molecule has 4 rings (SSSR count). The van der Waals surface area contributed by atoms with Gasteiger partial charge in [0.15, 0.2) is 0 Å². The van der Waals surface area contributed by atoms with Gasteiger partial charge in [0.05, 0.1) is 0 Å². The Bertz CT molecular complexity index is 680. The van der Waals surface area contributed by atoms with E-state index in [2.05, 4.69) is 6.92 Å². The molecule has 0 N–H and O–H groups in total. The summed E-state index contributed by atoms with van der Waals surface area (Å²) in [5, 5.41) is 0. The van der Waals surface area contributed by atoms with Crippen LogP contribution in [0, 0.1) is 48.1 Å². The summed E-state index contributed by atoms with van der Waals surface area (Å²) >= 11 is 0. The van der Waals surface area contributed by atoms with E-state index in [0.717, 1.165) is 48.0 Å². The van der Waals surface area contributed by atoms with Crippen LogP contribution in [0.25, 0.3) is 0 Å². The predicted molar refractivity (Wildman–Crippen MR) is 126 cm³/mol. The first-order valence-corrected chi connectivity index (χ1v) is 13.5. The summed E-state index contributed by atoms with van der Waals surface area (Å²) < 4.78 is 28.2. The average molecular weight is 431 g/mol. The largest absolute Gasteiger partial charge is 0.207 e. The molecule has 174 valence electrons. The molecular weight excluding hydrogens is 386 g/mol. The van der Waals surface area contributed by atoms with Crippen LogP contribution in [0.2, 0.25) is 0 Å². The molecule has 4 unspecified atom stereocenters. The van der Waals surface area contributed by atoms with E-state index in [0.29, 0.717) is 5.92 Å². The van der Waals surface area contributed by atoms with Crippen LogP contribution in [0.1, 0.15) is 120 Å². The Morgan fingerprint density at radius 2 is 1.29 bits per heavy atom.